The molecule has 0 amide bonds. The van der Waals surface area contributed by atoms with Gasteiger partial charge >= 0.3 is 154 Å². The quantitative estimate of drug-likeness (QED) is 0.224. The number of nitrogens with zero attached hydrogens (tertiary/aromatic N) is 3. The molecule has 0 saturated carbocycles. The third-order valence-corrected chi connectivity index (χ3v) is 1.25. The van der Waals surface area contributed by atoms with Gasteiger partial charge in [-0.2, -0.15) is 0 Å². The van der Waals surface area contributed by atoms with Crippen LogP contribution in [0.1, 0.15) is 0 Å². The van der Waals surface area contributed by atoms with Gasteiger partial charge in [-0.15, -0.1) is 0 Å². The maximum Gasteiger partial charge on any atom is 1.00 e. The zero-order chi connectivity index (χ0) is 6.97. The smallest absolute Gasteiger partial charge is 1.00 e. The van der Waals surface area contributed by atoms with Crippen LogP contribution >= 0.6 is 0 Å². The van der Waals surface area contributed by atoms with Gasteiger partial charge in [-0.25, -0.2) is 15.0 Å². The summed E-state index contributed by atoms with van der Waals surface area (Å²) in [5.74, 6) is 0.433. The van der Waals surface area contributed by atoms with Gasteiger partial charge in [0.15, 0.2) is 11.5 Å². The second kappa shape index (κ2) is 18.5. The SMILES string of the molecule is Nc1ncnc2nc[nH]c12.[I-].[I-].[I-].[K+].[K+].[K+]. The molecule has 0 bridgehead atoms. The Bertz CT molecular complexity index is 373. The molecule has 0 radical (unpaired) electrons. The summed E-state index contributed by atoms with van der Waals surface area (Å²) in [5, 5.41) is 0. The molecule has 74 valence electrons. The van der Waals surface area contributed by atoms with Crippen molar-refractivity contribution in [2.45, 2.75) is 0 Å². The molecule has 2 aromatic rings. The molecular formula is C5H5I3K3N5. The standard InChI is InChI=1S/C5H5N5.3HI.3K/c6-4-3-5(9-1-7-3)10-2-8-4;;;;;;/h1-2H,(H3,6,7,8,9,10);3*1H;;;/q;;;;3*+1/p-3. The number of nitrogens with two attached hydrogens (primary N) is 1. The fourth-order valence-corrected chi connectivity index (χ4v) is 0.784. The third-order valence-electron chi connectivity index (χ3n) is 1.25. The van der Waals surface area contributed by atoms with Gasteiger partial charge in [0.1, 0.15) is 11.8 Å². The number of nitrogens with one attached hydrogen (secondary N) is 1. The first-order valence-corrected chi connectivity index (χ1v) is 2.77. The van der Waals surface area contributed by atoms with E-state index in [1.54, 1.807) is 0 Å². The Hall–Kier alpha value is 5.45. The Labute approximate surface area is 273 Å². The topological polar surface area (TPSA) is 80.5 Å². The molecule has 3 N–H and O–H groups in total. The van der Waals surface area contributed by atoms with E-state index in [2.05, 4.69) is 19.9 Å². The molecule has 5 nitrogen and oxygen atoms in total. The van der Waals surface area contributed by atoms with E-state index in [1.807, 2.05) is 0 Å². The van der Waals surface area contributed by atoms with E-state index in [9.17, 15) is 0 Å². The van der Waals surface area contributed by atoms with Crippen molar-refractivity contribution >= 4 is 17.0 Å². The number of fused-ring (bicyclic) bond motifs is 1. The van der Waals surface area contributed by atoms with Crippen molar-refractivity contribution in [3.63, 3.8) is 0 Å². The van der Waals surface area contributed by atoms with Crippen molar-refractivity contribution in [3.8, 4) is 0 Å². The summed E-state index contributed by atoms with van der Waals surface area (Å²) >= 11 is 0. The Morgan fingerprint density at radius 1 is 0.938 bits per heavy atom. The molecule has 0 spiro atoms. The van der Waals surface area contributed by atoms with E-state index in [0.29, 0.717) is 17.0 Å². The predicted molar refractivity (Wildman–Crippen MR) is 36.1 cm³/mol. The summed E-state index contributed by atoms with van der Waals surface area (Å²) in [6.45, 7) is 0. The van der Waals surface area contributed by atoms with Crippen LogP contribution in [0, 0.1) is 0 Å². The van der Waals surface area contributed by atoms with Crippen molar-refractivity contribution in [3.05, 3.63) is 12.7 Å². The number of hydrogen-bond acceptors (Lipinski definition) is 4. The molecule has 0 aliphatic carbocycles. The van der Waals surface area contributed by atoms with Crippen LogP contribution in [0.25, 0.3) is 11.2 Å². The molecule has 16 heavy (non-hydrogen) atoms. The maximum absolute atomic E-state index is 5.48. The van der Waals surface area contributed by atoms with Crippen LogP contribution in [0.15, 0.2) is 12.7 Å². The van der Waals surface area contributed by atoms with Crippen LogP contribution in [0.3, 0.4) is 0 Å². The number of rotatable bonds is 0. The number of halogens is 3. The summed E-state index contributed by atoms with van der Waals surface area (Å²) in [6.07, 6.45) is 2.92. The first-order chi connectivity index (χ1) is 4.88. The fraction of sp³-hybridized carbons (Fsp3) is 0. The van der Waals surface area contributed by atoms with Gasteiger partial charge < -0.3 is 82.6 Å². The second-order valence-electron chi connectivity index (χ2n) is 1.86. The number of nitrogen functional groups attached to an aromatic ring is 1. The van der Waals surface area contributed by atoms with E-state index >= 15 is 0 Å². The van der Waals surface area contributed by atoms with Gasteiger partial charge in [-0.1, -0.05) is 0 Å². The van der Waals surface area contributed by atoms with Gasteiger partial charge in [-0.05, 0) is 0 Å². The largest absolute Gasteiger partial charge is 1.00 e. The van der Waals surface area contributed by atoms with Gasteiger partial charge in [0.05, 0.1) is 6.33 Å². The van der Waals surface area contributed by atoms with Crippen LogP contribution in [-0.2, 0) is 0 Å². The number of aromatic nitrogens is 4. The normalized spacial score (nSPS) is 6.50. The molecule has 11 heteroatoms. The van der Waals surface area contributed by atoms with Gasteiger partial charge in [-0.3, -0.25) is 0 Å². The molecule has 0 unspecified atom stereocenters. The Kier molecular flexibility index (Phi) is 38.3. The number of anilines is 1. The summed E-state index contributed by atoms with van der Waals surface area (Å²) < 4.78 is 0. The van der Waals surface area contributed by atoms with Crippen molar-refractivity contribution in [2.75, 3.05) is 5.73 Å². The first-order valence-electron chi connectivity index (χ1n) is 2.77. The van der Waals surface area contributed by atoms with E-state index in [-0.39, 0.29) is 226 Å². The Morgan fingerprint density at radius 3 is 2.00 bits per heavy atom. The average Bonchev–Trinajstić information content (AvgIpc) is 2.36. The van der Waals surface area contributed by atoms with Crippen LogP contribution in [-0.4, -0.2) is 19.9 Å². The van der Waals surface area contributed by atoms with E-state index in [0.717, 1.165) is 0 Å². The van der Waals surface area contributed by atoms with Crippen molar-refractivity contribution in [1.29, 1.82) is 0 Å². The van der Waals surface area contributed by atoms with Crippen LogP contribution < -0.4 is 232 Å². The van der Waals surface area contributed by atoms with Crippen LogP contribution in [0.4, 0.5) is 5.82 Å². The predicted octanol–water partition coefficient (Wildman–Crippen LogP) is -18.0. The number of aromatic amines is 1. The molecule has 2 rings (SSSR count). The molecule has 0 aromatic carbocycles. The maximum atomic E-state index is 5.48. The van der Waals surface area contributed by atoms with Crippen LogP contribution in [0.5, 0.6) is 0 Å². The fourth-order valence-electron chi connectivity index (χ4n) is 0.784. The average molecular weight is 633 g/mol. The summed E-state index contributed by atoms with van der Waals surface area (Å²) in [5.41, 5.74) is 6.78. The molecule has 2 heterocycles. The minimum Gasteiger partial charge on any atom is -1.00 e. The molecule has 0 saturated heterocycles. The van der Waals surface area contributed by atoms with E-state index in [4.69, 9.17) is 5.73 Å². The zero-order valence-electron chi connectivity index (χ0n) is 9.21. The molecule has 0 atom stereocenters. The Balaban J connectivity index is -0.0000000672. The summed E-state index contributed by atoms with van der Waals surface area (Å²) in [7, 11) is 0. The first kappa shape index (κ1) is 33.1. The molecule has 0 fully saturated rings. The summed E-state index contributed by atoms with van der Waals surface area (Å²) in [4.78, 5) is 14.4. The minimum absolute atomic E-state index is 0. The molecule has 0 aliphatic rings. The van der Waals surface area contributed by atoms with Gasteiger partial charge in [0.2, 0.25) is 0 Å². The van der Waals surface area contributed by atoms with Gasteiger partial charge in [0, 0.05) is 0 Å². The van der Waals surface area contributed by atoms with Crippen molar-refractivity contribution in [1.82, 2.24) is 19.9 Å². The number of hydrogen-bond donors (Lipinski definition) is 2. The van der Waals surface area contributed by atoms with Crippen molar-refractivity contribution in [2.24, 2.45) is 0 Å². The van der Waals surface area contributed by atoms with E-state index < -0.39 is 0 Å². The third kappa shape index (κ3) is 10.2. The molecular weight excluding hydrogens is 628 g/mol. The van der Waals surface area contributed by atoms with E-state index in [1.165, 1.54) is 12.7 Å². The minimum atomic E-state index is 0. The number of imidazole rings is 1. The zero-order valence-corrected chi connectivity index (χ0v) is 25.0. The van der Waals surface area contributed by atoms with Crippen molar-refractivity contribution < 1.29 is 226 Å². The summed E-state index contributed by atoms with van der Waals surface area (Å²) in [6, 6.07) is 0. The van der Waals surface area contributed by atoms with Gasteiger partial charge in [0.25, 0.3) is 0 Å². The van der Waals surface area contributed by atoms with Crippen LogP contribution in [0.2, 0.25) is 0 Å². The molecule has 0 aliphatic heterocycles. The second-order valence-corrected chi connectivity index (χ2v) is 1.86. The number of H-pyrrole nitrogens is 1. The Morgan fingerprint density at radius 2 is 1.50 bits per heavy atom. The monoisotopic (exact) mass is 633 g/mol. The molecule has 2 aromatic heterocycles.